The summed E-state index contributed by atoms with van der Waals surface area (Å²) in [6.07, 6.45) is 0.967. The van der Waals surface area contributed by atoms with E-state index >= 15 is 0 Å². The van der Waals surface area contributed by atoms with E-state index in [9.17, 15) is 4.79 Å². The molecule has 0 saturated heterocycles. The summed E-state index contributed by atoms with van der Waals surface area (Å²) in [6.45, 7) is 5.05. The fraction of sp³-hybridized carbons (Fsp3) is 0.316. The number of amides is 1. The third-order valence-electron chi connectivity index (χ3n) is 4.16. The molecule has 0 saturated carbocycles. The first-order chi connectivity index (χ1) is 11.3. The Morgan fingerprint density at radius 3 is 2.88 bits per heavy atom. The van der Waals surface area contributed by atoms with Gasteiger partial charge in [0.1, 0.15) is 0 Å². The molecular formula is C19H24ClN3O. The predicted octanol–water partition coefficient (Wildman–Crippen LogP) is 3.22. The van der Waals surface area contributed by atoms with E-state index in [1.54, 1.807) is 0 Å². The number of benzene rings is 2. The van der Waals surface area contributed by atoms with Gasteiger partial charge in [-0.25, -0.2) is 0 Å². The number of hydrogen-bond donors (Lipinski definition) is 2. The Bertz CT molecular complexity index is 690. The number of aryl methyl sites for hydroxylation is 1. The van der Waals surface area contributed by atoms with Gasteiger partial charge >= 0.3 is 0 Å². The van der Waals surface area contributed by atoms with Gasteiger partial charge in [0, 0.05) is 31.0 Å². The van der Waals surface area contributed by atoms with Crippen molar-refractivity contribution in [2.75, 3.05) is 29.9 Å². The fourth-order valence-electron chi connectivity index (χ4n) is 2.93. The van der Waals surface area contributed by atoms with E-state index in [-0.39, 0.29) is 18.3 Å². The van der Waals surface area contributed by atoms with Crippen molar-refractivity contribution < 1.29 is 4.79 Å². The second-order valence-corrected chi connectivity index (χ2v) is 5.83. The fourth-order valence-corrected chi connectivity index (χ4v) is 2.93. The van der Waals surface area contributed by atoms with Gasteiger partial charge in [-0.05, 0) is 35.7 Å². The van der Waals surface area contributed by atoms with Crippen LogP contribution in [0.5, 0.6) is 0 Å². The molecule has 2 aromatic rings. The van der Waals surface area contributed by atoms with Crippen LogP contribution < -0.4 is 15.5 Å². The number of hydrogen-bond acceptors (Lipinski definition) is 3. The van der Waals surface area contributed by atoms with Crippen molar-refractivity contribution in [2.45, 2.75) is 19.9 Å². The standard InChI is InChI=1S/C19H23N3O.ClH/c1-2-15-6-5-8-17(12-15)21-19(23)14-22-11-10-20-13-16-7-3-4-9-18(16)22;/h3-9,12,20H,2,10-11,13-14H2,1H3,(H,21,23);1H. The van der Waals surface area contributed by atoms with Crippen LogP contribution in [0.15, 0.2) is 48.5 Å². The Labute approximate surface area is 149 Å². The Kier molecular flexibility index (Phi) is 6.64. The van der Waals surface area contributed by atoms with Crippen molar-refractivity contribution >= 4 is 29.7 Å². The van der Waals surface area contributed by atoms with Gasteiger partial charge in [-0.2, -0.15) is 0 Å². The number of para-hydroxylation sites is 1. The van der Waals surface area contributed by atoms with E-state index in [1.165, 1.54) is 11.1 Å². The van der Waals surface area contributed by atoms with Crippen molar-refractivity contribution in [3.05, 3.63) is 59.7 Å². The van der Waals surface area contributed by atoms with Gasteiger partial charge in [0.05, 0.1) is 6.54 Å². The Morgan fingerprint density at radius 1 is 1.21 bits per heavy atom. The van der Waals surface area contributed by atoms with Gasteiger partial charge in [-0.15, -0.1) is 12.4 Å². The highest BCUT2D eigenvalue weighted by Crippen LogP contribution is 2.22. The average molecular weight is 346 g/mol. The van der Waals surface area contributed by atoms with E-state index in [0.717, 1.165) is 37.4 Å². The lowest BCUT2D eigenvalue weighted by Gasteiger charge is -2.24. The van der Waals surface area contributed by atoms with Crippen LogP contribution in [0.1, 0.15) is 18.1 Å². The maximum atomic E-state index is 12.4. The zero-order chi connectivity index (χ0) is 16.1. The van der Waals surface area contributed by atoms with Gasteiger partial charge in [0.25, 0.3) is 0 Å². The molecule has 0 unspecified atom stereocenters. The minimum atomic E-state index is 0. The quantitative estimate of drug-likeness (QED) is 0.894. The molecule has 1 aliphatic heterocycles. The minimum Gasteiger partial charge on any atom is -0.361 e. The average Bonchev–Trinajstić information content (AvgIpc) is 2.77. The van der Waals surface area contributed by atoms with Crippen molar-refractivity contribution in [1.29, 1.82) is 0 Å². The van der Waals surface area contributed by atoms with Crippen LogP contribution in [0.2, 0.25) is 0 Å². The molecule has 2 N–H and O–H groups in total. The summed E-state index contributed by atoms with van der Waals surface area (Å²) in [5.74, 6) is 0.0231. The lowest BCUT2D eigenvalue weighted by atomic mass is 10.1. The lowest BCUT2D eigenvalue weighted by Crippen LogP contribution is -2.36. The molecule has 0 radical (unpaired) electrons. The first-order valence-electron chi connectivity index (χ1n) is 8.18. The molecule has 128 valence electrons. The minimum absolute atomic E-state index is 0. The second-order valence-electron chi connectivity index (χ2n) is 5.83. The number of nitrogens with one attached hydrogen (secondary N) is 2. The molecule has 24 heavy (non-hydrogen) atoms. The van der Waals surface area contributed by atoms with Crippen molar-refractivity contribution in [3.63, 3.8) is 0 Å². The van der Waals surface area contributed by atoms with Crippen molar-refractivity contribution in [2.24, 2.45) is 0 Å². The first-order valence-corrected chi connectivity index (χ1v) is 8.18. The van der Waals surface area contributed by atoms with Gasteiger partial charge < -0.3 is 15.5 Å². The van der Waals surface area contributed by atoms with Crippen LogP contribution in [-0.2, 0) is 17.8 Å². The topological polar surface area (TPSA) is 44.4 Å². The molecule has 1 amide bonds. The summed E-state index contributed by atoms with van der Waals surface area (Å²) < 4.78 is 0. The molecule has 0 atom stereocenters. The lowest BCUT2D eigenvalue weighted by molar-refractivity contribution is -0.115. The van der Waals surface area contributed by atoms with Crippen LogP contribution >= 0.6 is 12.4 Å². The van der Waals surface area contributed by atoms with Crippen LogP contribution in [0.4, 0.5) is 11.4 Å². The summed E-state index contributed by atoms with van der Waals surface area (Å²) in [5.41, 5.74) is 4.49. The zero-order valence-corrected chi connectivity index (χ0v) is 14.7. The zero-order valence-electron chi connectivity index (χ0n) is 13.9. The second kappa shape index (κ2) is 8.71. The molecule has 5 heteroatoms. The molecular weight excluding hydrogens is 322 g/mol. The first kappa shape index (κ1) is 18.3. The Balaban J connectivity index is 0.00000208. The molecule has 1 heterocycles. The maximum absolute atomic E-state index is 12.4. The molecule has 0 spiro atoms. The predicted molar refractivity (Wildman–Crippen MR) is 102 cm³/mol. The number of carbonyl (C=O) groups excluding carboxylic acids is 1. The third-order valence-corrected chi connectivity index (χ3v) is 4.16. The molecule has 0 bridgehead atoms. The highest BCUT2D eigenvalue weighted by Gasteiger charge is 2.17. The monoisotopic (exact) mass is 345 g/mol. The van der Waals surface area contributed by atoms with Gasteiger partial charge in [0.15, 0.2) is 0 Å². The van der Waals surface area contributed by atoms with Crippen LogP contribution in [0.25, 0.3) is 0 Å². The SMILES string of the molecule is CCc1cccc(NC(=O)CN2CCNCc3ccccc32)c1.Cl. The van der Waals surface area contributed by atoms with E-state index in [1.807, 2.05) is 30.3 Å². The Morgan fingerprint density at radius 2 is 2.04 bits per heavy atom. The number of fused-ring (bicyclic) bond motifs is 1. The molecule has 4 nitrogen and oxygen atoms in total. The summed E-state index contributed by atoms with van der Waals surface area (Å²) in [7, 11) is 0. The normalized spacial score (nSPS) is 13.5. The smallest absolute Gasteiger partial charge is 0.243 e. The number of rotatable bonds is 4. The van der Waals surface area contributed by atoms with Gasteiger partial charge in [-0.3, -0.25) is 4.79 Å². The Hall–Kier alpha value is -2.04. The molecule has 3 rings (SSSR count). The molecule has 0 aromatic heterocycles. The molecule has 0 aliphatic carbocycles. The number of anilines is 2. The number of halogens is 1. The summed E-state index contributed by atoms with van der Waals surface area (Å²) in [4.78, 5) is 14.6. The van der Waals surface area contributed by atoms with Crippen molar-refractivity contribution in [3.8, 4) is 0 Å². The van der Waals surface area contributed by atoms with E-state index in [2.05, 4.69) is 40.7 Å². The van der Waals surface area contributed by atoms with Gasteiger partial charge in [-0.1, -0.05) is 37.3 Å². The largest absolute Gasteiger partial charge is 0.361 e. The van der Waals surface area contributed by atoms with E-state index < -0.39 is 0 Å². The maximum Gasteiger partial charge on any atom is 0.243 e. The highest BCUT2D eigenvalue weighted by atomic mass is 35.5. The van der Waals surface area contributed by atoms with E-state index in [0.29, 0.717) is 6.54 Å². The van der Waals surface area contributed by atoms with Crippen LogP contribution in [-0.4, -0.2) is 25.5 Å². The number of nitrogens with zero attached hydrogens (tertiary/aromatic N) is 1. The third kappa shape index (κ3) is 4.49. The highest BCUT2D eigenvalue weighted by molar-refractivity contribution is 5.94. The summed E-state index contributed by atoms with van der Waals surface area (Å²) >= 11 is 0. The van der Waals surface area contributed by atoms with E-state index in [4.69, 9.17) is 0 Å². The van der Waals surface area contributed by atoms with Crippen LogP contribution in [0.3, 0.4) is 0 Å². The molecule has 1 aliphatic rings. The van der Waals surface area contributed by atoms with Crippen LogP contribution in [0, 0.1) is 0 Å². The number of carbonyl (C=O) groups is 1. The molecule has 0 fully saturated rings. The molecule has 2 aromatic carbocycles. The summed E-state index contributed by atoms with van der Waals surface area (Å²) in [6, 6.07) is 16.3. The van der Waals surface area contributed by atoms with Gasteiger partial charge in [0.2, 0.25) is 5.91 Å². The van der Waals surface area contributed by atoms with Crippen molar-refractivity contribution in [1.82, 2.24) is 5.32 Å². The summed E-state index contributed by atoms with van der Waals surface area (Å²) in [5, 5.41) is 6.41.